The third kappa shape index (κ3) is 5.12. The number of alkyl halides is 6. The van der Waals surface area contributed by atoms with Crippen LogP contribution in [0.4, 0.5) is 42.1 Å². The zero-order valence-corrected chi connectivity index (χ0v) is 13.0. The van der Waals surface area contributed by atoms with E-state index in [0.29, 0.717) is 16.5 Å². The highest BCUT2D eigenvalue weighted by Gasteiger charge is 2.35. The lowest BCUT2D eigenvalue weighted by atomic mass is 10.1. The molecule has 2 aromatic carbocycles. The highest BCUT2D eigenvalue weighted by atomic mass is 19.4. The quantitative estimate of drug-likeness (QED) is 0.472. The average Bonchev–Trinajstić information content (AvgIpc) is 2.53. The van der Waals surface area contributed by atoms with E-state index in [0.717, 1.165) is 24.3 Å². The normalized spacial score (nSPS) is 11.9. The maximum atomic E-state index is 13.1. The minimum Gasteiger partial charge on any atom is -0.358 e. The molecule has 0 unspecified atom stereocenters. The summed E-state index contributed by atoms with van der Waals surface area (Å²) < 4.78 is 90.7. The lowest BCUT2D eigenvalue weighted by Gasteiger charge is -2.27. The van der Waals surface area contributed by atoms with Crippen molar-refractivity contribution >= 4 is 11.4 Å². The van der Waals surface area contributed by atoms with Gasteiger partial charge in [-0.3, -0.25) is 0 Å². The zero-order chi connectivity index (χ0) is 19.5. The summed E-state index contributed by atoms with van der Waals surface area (Å²) in [5.41, 5.74) is -2.06. The molecule has 26 heavy (non-hydrogen) atoms. The molecule has 0 N–H and O–H groups in total. The summed E-state index contributed by atoms with van der Waals surface area (Å²) in [5.74, 6) is -0.586. The Labute approximate surface area is 144 Å². The van der Waals surface area contributed by atoms with Gasteiger partial charge >= 0.3 is 12.4 Å². The summed E-state index contributed by atoms with van der Waals surface area (Å²) in [7, 11) is 0. The highest BCUT2D eigenvalue weighted by Crippen LogP contribution is 2.39. The number of rotatable bonds is 4. The van der Waals surface area contributed by atoms with Gasteiger partial charge in [0.25, 0.3) is 0 Å². The molecule has 0 heterocycles. The Morgan fingerprint density at radius 2 is 1.54 bits per heavy atom. The van der Waals surface area contributed by atoms with Crippen molar-refractivity contribution in [2.75, 3.05) is 11.4 Å². The van der Waals surface area contributed by atoms with Gasteiger partial charge < -0.3 is 4.90 Å². The van der Waals surface area contributed by atoms with Crippen LogP contribution in [0.2, 0.25) is 0 Å². The second kappa shape index (κ2) is 7.23. The van der Waals surface area contributed by atoms with Crippen LogP contribution in [0.25, 0.3) is 4.85 Å². The standard InChI is InChI=1S/C17H11F7N2/c1-25-15-7-6-13(8-14(15)17(22,23)24)26(10-16(19,20)21)9-11-2-4-12(18)5-3-11/h2-8H,9-10H2. The van der Waals surface area contributed by atoms with Crippen molar-refractivity contribution in [3.8, 4) is 0 Å². The molecule has 0 spiro atoms. The predicted octanol–water partition coefficient (Wildman–Crippen LogP) is 5.96. The van der Waals surface area contributed by atoms with Crippen LogP contribution >= 0.6 is 0 Å². The lowest BCUT2D eigenvalue weighted by Crippen LogP contribution is -2.34. The largest absolute Gasteiger partial charge is 0.407 e. The maximum Gasteiger partial charge on any atom is 0.407 e. The van der Waals surface area contributed by atoms with E-state index < -0.39 is 36.0 Å². The van der Waals surface area contributed by atoms with E-state index >= 15 is 0 Å². The molecule has 0 aliphatic rings. The Hall–Kier alpha value is -2.76. The van der Waals surface area contributed by atoms with Gasteiger partial charge in [-0.05, 0) is 29.8 Å². The van der Waals surface area contributed by atoms with Crippen molar-refractivity contribution < 1.29 is 30.7 Å². The molecule has 0 aliphatic carbocycles. The third-order valence-electron chi connectivity index (χ3n) is 3.43. The predicted molar refractivity (Wildman–Crippen MR) is 81.2 cm³/mol. The van der Waals surface area contributed by atoms with Gasteiger partial charge in [-0.25, -0.2) is 9.24 Å². The van der Waals surface area contributed by atoms with E-state index in [2.05, 4.69) is 4.85 Å². The fourth-order valence-electron chi connectivity index (χ4n) is 2.31. The fourth-order valence-corrected chi connectivity index (χ4v) is 2.31. The number of anilines is 1. The van der Waals surface area contributed by atoms with Crippen molar-refractivity contribution in [1.82, 2.24) is 0 Å². The molecule has 0 saturated heterocycles. The molecule has 2 rings (SSSR count). The smallest absolute Gasteiger partial charge is 0.358 e. The van der Waals surface area contributed by atoms with E-state index in [1.54, 1.807) is 0 Å². The number of benzene rings is 2. The van der Waals surface area contributed by atoms with E-state index in [4.69, 9.17) is 6.57 Å². The molecule has 0 amide bonds. The van der Waals surface area contributed by atoms with Crippen LogP contribution in [-0.2, 0) is 12.7 Å². The van der Waals surface area contributed by atoms with E-state index in [9.17, 15) is 30.7 Å². The van der Waals surface area contributed by atoms with Crippen LogP contribution in [-0.4, -0.2) is 12.7 Å². The van der Waals surface area contributed by atoms with Crippen LogP contribution in [0.3, 0.4) is 0 Å². The maximum absolute atomic E-state index is 13.1. The Balaban J connectivity index is 2.45. The topological polar surface area (TPSA) is 7.60 Å². The monoisotopic (exact) mass is 376 g/mol. The Morgan fingerprint density at radius 1 is 0.923 bits per heavy atom. The van der Waals surface area contributed by atoms with Gasteiger partial charge in [-0.2, -0.15) is 26.3 Å². The zero-order valence-electron chi connectivity index (χ0n) is 13.0. The first-order valence-corrected chi connectivity index (χ1v) is 7.14. The van der Waals surface area contributed by atoms with Gasteiger partial charge in [0, 0.05) is 12.2 Å². The molecule has 0 aromatic heterocycles. The van der Waals surface area contributed by atoms with E-state index in [-0.39, 0.29) is 12.2 Å². The van der Waals surface area contributed by atoms with Gasteiger partial charge in [-0.1, -0.05) is 18.2 Å². The Kier molecular flexibility index (Phi) is 5.44. The second-order valence-electron chi connectivity index (χ2n) is 5.41. The summed E-state index contributed by atoms with van der Waals surface area (Å²) in [5, 5.41) is 0. The number of hydrogen-bond acceptors (Lipinski definition) is 1. The van der Waals surface area contributed by atoms with Crippen LogP contribution < -0.4 is 4.90 Å². The molecule has 0 saturated carbocycles. The van der Waals surface area contributed by atoms with Gasteiger partial charge in [0.15, 0.2) is 5.69 Å². The SMILES string of the molecule is [C-]#[N+]c1ccc(N(Cc2ccc(F)cc2)CC(F)(F)F)cc1C(F)(F)F. The molecule has 2 nitrogen and oxygen atoms in total. The molecular weight excluding hydrogens is 365 g/mol. The molecule has 0 radical (unpaired) electrons. The minimum atomic E-state index is -4.88. The first-order valence-electron chi connectivity index (χ1n) is 7.14. The summed E-state index contributed by atoms with van der Waals surface area (Å²) in [6.45, 7) is 4.90. The van der Waals surface area contributed by atoms with Crippen molar-refractivity contribution in [2.24, 2.45) is 0 Å². The van der Waals surface area contributed by atoms with Crippen LogP contribution in [0.5, 0.6) is 0 Å². The van der Waals surface area contributed by atoms with Crippen molar-refractivity contribution in [3.05, 3.63) is 70.8 Å². The van der Waals surface area contributed by atoms with Crippen LogP contribution in [0, 0.1) is 12.4 Å². The summed E-state index contributed by atoms with van der Waals surface area (Å²) in [4.78, 5) is 3.44. The van der Waals surface area contributed by atoms with Gasteiger partial charge in [0.2, 0.25) is 0 Å². The van der Waals surface area contributed by atoms with Crippen molar-refractivity contribution in [3.63, 3.8) is 0 Å². The summed E-state index contributed by atoms with van der Waals surface area (Å²) in [6.07, 6.45) is -9.55. The first kappa shape index (κ1) is 19.6. The molecule has 9 heteroatoms. The molecule has 138 valence electrons. The molecule has 0 bridgehead atoms. The van der Waals surface area contributed by atoms with E-state index in [1.807, 2.05) is 0 Å². The first-order chi connectivity index (χ1) is 12.0. The molecule has 0 atom stereocenters. The van der Waals surface area contributed by atoms with Gasteiger partial charge in [-0.15, -0.1) is 0 Å². The summed E-state index contributed by atoms with van der Waals surface area (Å²) in [6, 6.07) is 6.96. The summed E-state index contributed by atoms with van der Waals surface area (Å²) >= 11 is 0. The average molecular weight is 376 g/mol. The van der Waals surface area contributed by atoms with Crippen molar-refractivity contribution in [1.29, 1.82) is 0 Å². The molecule has 2 aromatic rings. The fraction of sp³-hybridized carbons (Fsp3) is 0.235. The minimum absolute atomic E-state index is 0.290. The van der Waals surface area contributed by atoms with Gasteiger partial charge in [0.1, 0.15) is 12.4 Å². The second-order valence-corrected chi connectivity index (χ2v) is 5.41. The number of hydrogen-bond donors (Lipinski definition) is 0. The molecule has 0 aliphatic heterocycles. The third-order valence-corrected chi connectivity index (χ3v) is 3.43. The Bertz CT molecular complexity index is 802. The van der Waals surface area contributed by atoms with Crippen LogP contribution in [0.15, 0.2) is 42.5 Å². The van der Waals surface area contributed by atoms with E-state index in [1.165, 1.54) is 12.1 Å². The number of halogens is 7. The molecule has 0 fully saturated rings. The Morgan fingerprint density at radius 3 is 2.04 bits per heavy atom. The molecular formula is C17H11F7N2. The van der Waals surface area contributed by atoms with Gasteiger partial charge in [0.05, 0.1) is 12.1 Å². The number of nitrogens with zero attached hydrogens (tertiary/aromatic N) is 2. The highest BCUT2D eigenvalue weighted by molar-refractivity contribution is 5.62. The van der Waals surface area contributed by atoms with Crippen LogP contribution in [0.1, 0.15) is 11.1 Å². The van der Waals surface area contributed by atoms with Crippen molar-refractivity contribution in [2.45, 2.75) is 18.9 Å². The lowest BCUT2D eigenvalue weighted by molar-refractivity contribution is -0.136.